The summed E-state index contributed by atoms with van der Waals surface area (Å²) >= 11 is 0. The van der Waals surface area contributed by atoms with Gasteiger partial charge in [0, 0.05) is 12.8 Å². The summed E-state index contributed by atoms with van der Waals surface area (Å²) in [4.78, 5) is 4.20. The first kappa shape index (κ1) is 17.9. The van der Waals surface area contributed by atoms with Crippen LogP contribution in [0.15, 0.2) is 53.6 Å². The topological polar surface area (TPSA) is 77.5 Å². The number of halogens is 1. The van der Waals surface area contributed by atoms with Crippen LogP contribution in [0.3, 0.4) is 0 Å². The molecule has 1 fully saturated rings. The highest BCUT2D eigenvalue weighted by atomic mass is 32.2. The molecular formula is C17H19FN2O4S. The van der Waals surface area contributed by atoms with E-state index in [-0.39, 0.29) is 11.5 Å². The van der Waals surface area contributed by atoms with Crippen LogP contribution in [0.5, 0.6) is 0 Å². The lowest BCUT2D eigenvalue weighted by atomic mass is 10.1. The third kappa shape index (κ3) is 4.82. The first-order valence-corrected chi connectivity index (χ1v) is 9.40. The van der Waals surface area contributed by atoms with Crippen molar-refractivity contribution in [1.29, 1.82) is 0 Å². The molecule has 3 rings (SSSR count). The normalized spacial score (nSPS) is 21.2. The molecule has 0 bridgehead atoms. The van der Waals surface area contributed by atoms with Gasteiger partial charge in [0.2, 0.25) is 10.0 Å². The molecule has 0 aliphatic carbocycles. The smallest absolute Gasteiger partial charge is 0.240 e. The van der Waals surface area contributed by atoms with Crippen LogP contribution in [-0.4, -0.2) is 38.8 Å². The number of hydrogen-bond acceptors (Lipinski definition) is 5. The Labute approximate surface area is 146 Å². The number of ether oxygens (including phenoxy) is 2. The first-order chi connectivity index (χ1) is 12.0. The molecule has 1 aliphatic heterocycles. The van der Waals surface area contributed by atoms with Crippen molar-refractivity contribution in [1.82, 2.24) is 9.71 Å². The van der Waals surface area contributed by atoms with Crippen molar-refractivity contribution >= 4 is 10.0 Å². The molecule has 2 heterocycles. The van der Waals surface area contributed by atoms with Gasteiger partial charge in [-0.1, -0.05) is 6.07 Å². The molecule has 6 nitrogen and oxygen atoms in total. The van der Waals surface area contributed by atoms with Gasteiger partial charge in [-0.15, -0.1) is 0 Å². The fourth-order valence-corrected chi connectivity index (χ4v) is 3.87. The summed E-state index contributed by atoms with van der Waals surface area (Å²) < 4.78 is 51.8. The van der Waals surface area contributed by atoms with Crippen LogP contribution in [0, 0.1) is 5.82 Å². The minimum Gasteiger partial charge on any atom is -0.379 e. The molecule has 1 aliphatic rings. The molecule has 0 spiro atoms. The van der Waals surface area contributed by atoms with Crippen molar-refractivity contribution in [3.8, 4) is 0 Å². The molecule has 2 aromatic rings. The lowest BCUT2D eigenvalue weighted by Crippen LogP contribution is -2.49. The third-order valence-electron chi connectivity index (χ3n) is 3.91. The summed E-state index contributed by atoms with van der Waals surface area (Å²) in [6.07, 6.45) is 1.74. The molecule has 0 amide bonds. The number of benzene rings is 1. The largest absolute Gasteiger partial charge is 0.379 e. The van der Waals surface area contributed by atoms with E-state index in [2.05, 4.69) is 9.71 Å². The van der Waals surface area contributed by atoms with Crippen molar-refractivity contribution in [2.24, 2.45) is 0 Å². The SMILES string of the molecule is O=S(=O)(N[C@@H]1CCOC[C@H]1OCc1ccccn1)c1ccc(F)cc1. The van der Waals surface area contributed by atoms with E-state index < -0.39 is 28.0 Å². The number of hydrogen-bond donors (Lipinski definition) is 1. The van der Waals surface area contributed by atoms with Gasteiger partial charge in [0.05, 0.1) is 35.9 Å². The molecule has 1 aromatic heterocycles. The Morgan fingerprint density at radius 2 is 2.04 bits per heavy atom. The Kier molecular flexibility index (Phi) is 5.74. The van der Waals surface area contributed by atoms with Crippen molar-refractivity contribution in [3.05, 3.63) is 60.2 Å². The van der Waals surface area contributed by atoms with E-state index in [1.54, 1.807) is 6.20 Å². The maximum absolute atomic E-state index is 13.0. The molecule has 1 aromatic carbocycles. The summed E-state index contributed by atoms with van der Waals surface area (Å²) in [5.41, 5.74) is 0.758. The molecule has 1 N–H and O–H groups in total. The number of sulfonamides is 1. The first-order valence-electron chi connectivity index (χ1n) is 7.92. The van der Waals surface area contributed by atoms with E-state index >= 15 is 0 Å². The van der Waals surface area contributed by atoms with Gasteiger partial charge in [-0.05, 0) is 42.8 Å². The zero-order chi connectivity index (χ0) is 17.7. The van der Waals surface area contributed by atoms with Crippen LogP contribution < -0.4 is 4.72 Å². The van der Waals surface area contributed by atoms with Crippen LogP contribution >= 0.6 is 0 Å². The van der Waals surface area contributed by atoms with Crippen LogP contribution in [0.1, 0.15) is 12.1 Å². The fourth-order valence-electron chi connectivity index (χ4n) is 2.57. The van der Waals surface area contributed by atoms with Crippen LogP contribution in [0.4, 0.5) is 4.39 Å². The van der Waals surface area contributed by atoms with Gasteiger partial charge in [-0.25, -0.2) is 17.5 Å². The molecule has 2 atom stereocenters. The maximum Gasteiger partial charge on any atom is 0.240 e. The van der Waals surface area contributed by atoms with Crippen LogP contribution in [0.2, 0.25) is 0 Å². The molecule has 8 heteroatoms. The second-order valence-electron chi connectivity index (χ2n) is 5.72. The van der Waals surface area contributed by atoms with Gasteiger partial charge >= 0.3 is 0 Å². The highest BCUT2D eigenvalue weighted by Gasteiger charge is 2.31. The average Bonchev–Trinajstić information content (AvgIpc) is 2.62. The van der Waals surface area contributed by atoms with Crippen LogP contribution in [0.25, 0.3) is 0 Å². The summed E-state index contributed by atoms with van der Waals surface area (Å²) in [7, 11) is -3.76. The predicted molar refractivity (Wildman–Crippen MR) is 88.8 cm³/mol. The van der Waals surface area contributed by atoms with Gasteiger partial charge in [0.15, 0.2) is 0 Å². The number of nitrogens with one attached hydrogen (secondary N) is 1. The van der Waals surface area contributed by atoms with Gasteiger partial charge in [-0.3, -0.25) is 4.98 Å². The van der Waals surface area contributed by atoms with E-state index in [9.17, 15) is 12.8 Å². The summed E-state index contributed by atoms with van der Waals surface area (Å²) in [6, 6.07) is 9.79. The lowest BCUT2D eigenvalue weighted by molar-refractivity contribution is -0.0718. The number of nitrogens with zero attached hydrogens (tertiary/aromatic N) is 1. The van der Waals surface area contributed by atoms with E-state index in [1.165, 1.54) is 12.1 Å². The van der Waals surface area contributed by atoms with Gasteiger partial charge in [-0.2, -0.15) is 0 Å². The third-order valence-corrected chi connectivity index (χ3v) is 5.41. The van der Waals surface area contributed by atoms with Gasteiger partial charge < -0.3 is 9.47 Å². The van der Waals surface area contributed by atoms with E-state index in [0.717, 1.165) is 17.8 Å². The highest BCUT2D eigenvalue weighted by Crippen LogP contribution is 2.17. The zero-order valence-corrected chi connectivity index (χ0v) is 14.3. The minimum absolute atomic E-state index is 0.0175. The molecule has 134 valence electrons. The molecule has 0 unspecified atom stereocenters. The van der Waals surface area contributed by atoms with E-state index in [1.807, 2.05) is 18.2 Å². The molecule has 0 saturated carbocycles. The van der Waals surface area contributed by atoms with Gasteiger partial charge in [0.25, 0.3) is 0 Å². The molecule has 25 heavy (non-hydrogen) atoms. The molecule has 1 saturated heterocycles. The number of pyridine rings is 1. The minimum atomic E-state index is -3.76. The Bertz CT molecular complexity index is 784. The van der Waals surface area contributed by atoms with Crippen LogP contribution in [-0.2, 0) is 26.1 Å². The monoisotopic (exact) mass is 366 g/mol. The van der Waals surface area contributed by atoms with E-state index in [4.69, 9.17) is 9.47 Å². The second kappa shape index (κ2) is 8.01. The maximum atomic E-state index is 13.0. The Balaban J connectivity index is 1.67. The summed E-state index contributed by atoms with van der Waals surface area (Å²) in [5.74, 6) is -0.485. The van der Waals surface area contributed by atoms with Crippen molar-refractivity contribution in [2.75, 3.05) is 13.2 Å². The molecular weight excluding hydrogens is 347 g/mol. The Hall–Kier alpha value is -1.87. The van der Waals surface area contributed by atoms with Crippen molar-refractivity contribution < 1.29 is 22.3 Å². The molecule has 0 radical (unpaired) electrons. The fraction of sp³-hybridized carbons (Fsp3) is 0.353. The summed E-state index contributed by atoms with van der Waals surface area (Å²) in [6.45, 7) is 1.01. The van der Waals surface area contributed by atoms with E-state index in [0.29, 0.717) is 19.6 Å². The van der Waals surface area contributed by atoms with Crippen molar-refractivity contribution in [3.63, 3.8) is 0 Å². The zero-order valence-electron chi connectivity index (χ0n) is 13.5. The predicted octanol–water partition coefficient (Wildman–Crippen LogP) is 1.87. The summed E-state index contributed by atoms with van der Waals surface area (Å²) in [5, 5.41) is 0. The Morgan fingerprint density at radius 3 is 2.76 bits per heavy atom. The van der Waals surface area contributed by atoms with Crippen molar-refractivity contribution in [2.45, 2.75) is 30.1 Å². The standard InChI is InChI=1S/C17H19FN2O4S/c18-13-4-6-15(7-5-13)25(21,22)20-16-8-10-23-12-17(16)24-11-14-3-1-2-9-19-14/h1-7,9,16-17,20H,8,10-12H2/t16-,17-/m1/s1. The quantitative estimate of drug-likeness (QED) is 0.845. The van der Waals surface area contributed by atoms with Gasteiger partial charge in [0.1, 0.15) is 5.82 Å². The average molecular weight is 366 g/mol. The number of aromatic nitrogens is 1. The lowest BCUT2D eigenvalue weighted by Gasteiger charge is -2.31. The number of rotatable bonds is 6. The highest BCUT2D eigenvalue weighted by molar-refractivity contribution is 7.89. The Morgan fingerprint density at radius 1 is 1.24 bits per heavy atom. The second-order valence-corrected chi connectivity index (χ2v) is 7.43.